The molecule has 0 fully saturated rings. The van der Waals surface area contributed by atoms with E-state index >= 15 is 0 Å². The molecule has 0 bridgehead atoms. The average molecular weight is 336 g/mol. The average Bonchev–Trinajstić information content (AvgIpc) is 2.67. The molecule has 0 atom stereocenters. The molecule has 0 unspecified atom stereocenters. The van der Waals surface area contributed by atoms with E-state index in [0.29, 0.717) is 6.32 Å². The molecule has 1 nitrogen and oxygen atoms in total. The van der Waals surface area contributed by atoms with Gasteiger partial charge in [-0.15, -0.1) is 5.82 Å². The Morgan fingerprint density at radius 3 is 2.00 bits per heavy atom. The van der Waals surface area contributed by atoms with Gasteiger partial charge in [-0.3, -0.25) is 4.79 Å². The van der Waals surface area contributed by atoms with E-state index in [1.165, 1.54) is 5.56 Å². The summed E-state index contributed by atoms with van der Waals surface area (Å²) in [5, 5.41) is 0. The van der Waals surface area contributed by atoms with Crippen molar-refractivity contribution >= 4 is 18.0 Å². The number of ketones is 1. The molecule has 0 aliphatic rings. The molecule has 0 spiro atoms. The van der Waals surface area contributed by atoms with Crippen molar-refractivity contribution in [2.75, 3.05) is 0 Å². The Morgan fingerprint density at radius 1 is 0.808 bits per heavy atom. The first-order valence-electron chi connectivity index (χ1n) is 8.85. The van der Waals surface area contributed by atoms with Crippen LogP contribution in [-0.2, 0) is 0 Å². The maximum Gasteiger partial charge on any atom is 0.271 e. The summed E-state index contributed by atoms with van der Waals surface area (Å²) in [7, 11) is 0. The Morgan fingerprint density at radius 2 is 1.38 bits per heavy atom. The molecule has 26 heavy (non-hydrogen) atoms. The van der Waals surface area contributed by atoms with Gasteiger partial charge in [-0.05, 0) is 26.0 Å². The molecule has 0 heterocycles. The number of hydrogen-bond acceptors (Lipinski definition) is 1. The third-order valence-corrected chi connectivity index (χ3v) is 4.41. The number of rotatable bonds is 4. The van der Waals surface area contributed by atoms with E-state index in [9.17, 15) is 4.79 Å². The Kier molecular flexibility index (Phi) is 5.71. The number of aryl methyl sites for hydroxylation is 2. The standard InChI is InChI=1S/C24H21BO/c1-19-8-12-21(13-9-19)16-17-25(23-6-4-3-5-7-23)18-24(26)22-14-10-20(2)11-15-22/h3-15H,18H2,1-2H3. The van der Waals surface area contributed by atoms with E-state index < -0.39 is 0 Å². The van der Waals surface area contributed by atoms with E-state index in [4.69, 9.17) is 0 Å². The van der Waals surface area contributed by atoms with E-state index in [2.05, 4.69) is 30.8 Å². The van der Waals surface area contributed by atoms with Crippen LogP contribution in [0.25, 0.3) is 0 Å². The largest absolute Gasteiger partial charge is 0.295 e. The van der Waals surface area contributed by atoms with Gasteiger partial charge in [0, 0.05) is 17.4 Å². The number of hydrogen-bond donors (Lipinski definition) is 0. The number of carbonyl (C=O) groups excluding carboxylic acids is 1. The second kappa shape index (κ2) is 8.36. The number of Topliss-reactive ketones (excluding diaryl/α,β-unsaturated/α-hetero) is 1. The molecule has 0 radical (unpaired) electrons. The van der Waals surface area contributed by atoms with Crippen LogP contribution in [0, 0.1) is 25.6 Å². The zero-order valence-corrected chi connectivity index (χ0v) is 15.2. The minimum Gasteiger partial charge on any atom is -0.295 e. The van der Waals surface area contributed by atoms with Crippen LogP contribution in [0.5, 0.6) is 0 Å². The predicted octanol–water partition coefficient (Wildman–Crippen LogP) is 4.48. The summed E-state index contributed by atoms with van der Waals surface area (Å²) in [6, 6.07) is 25.9. The van der Waals surface area contributed by atoms with Gasteiger partial charge in [0.05, 0.1) is 0 Å². The third kappa shape index (κ3) is 4.74. The topological polar surface area (TPSA) is 17.1 Å². The highest BCUT2D eigenvalue weighted by molar-refractivity contribution is 6.83. The Balaban J connectivity index is 1.86. The second-order valence-electron chi connectivity index (χ2n) is 6.59. The van der Waals surface area contributed by atoms with Crippen LogP contribution in [0.15, 0.2) is 78.9 Å². The Bertz CT molecular complexity index is 930. The van der Waals surface area contributed by atoms with Crippen LogP contribution in [-0.4, -0.2) is 12.5 Å². The lowest BCUT2D eigenvalue weighted by atomic mass is 9.42. The van der Waals surface area contributed by atoms with Gasteiger partial charge < -0.3 is 0 Å². The molecule has 0 aliphatic heterocycles. The van der Waals surface area contributed by atoms with E-state index in [0.717, 1.165) is 22.2 Å². The van der Waals surface area contributed by atoms with Gasteiger partial charge >= 0.3 is 0 Å². The van der Waals surface area contributed by atoms with E-state index in [1.807, 2.05) is 73.7 Å². The summed E-state index contributed by atoms with van der Waals surface area (Å²) in [5.41, 5.74) is 5.16. The van der Waals surface area contributed by atoms with E-state index in [-0.39, 0.29) is 12.5 Å². The summed E-state index contributed by atoms with van der Waals surface area (Å²) in [5.74, 6) is 6.67. The van der Waals surface area contributed by atoms with Crippen molar-refractivity contribution in [3.63, 3.8) is 0 Å². The molecule has 126 valence electrons. The summed E-state index contributed by atoms with van der Waals surface area (Å²) in [6.07, 6.45) is 0.381. The molecule has 0 aromatic heterocycles. The molecule has 0 amide bonds. The van der Waals surface area contributed by atoms with Crippen LogP contribution in [0.3, 0.4) is 0 Å². The van der Waals surface area contributed by atoms with Crippen molar-refractivity contribution in [3.8, 4) is 11.7 Å². The van der Waals surface area contributed by atoms with Gasteiger partial charge in [-0.1, -0.05) is 89.2 Å². The summed E-state index contributed by atoms with van der Waals surface area (Å²) < 4.78 is 0. The lowest BCUT2D eigenvalue weighted by Gasteiger charge is -2.07. The van der Waals surface area contributed by atoms with Gasteiger partial charge in [-0.2, -0.15) is 0 Å². The van der Waals surface area contributed by atoms with Crippen molar-refractivity contribution in [2.45, 2.75) is 20.2 Å². The highest BCUT2D eigenvalue weighted by atomic mass is 16.1. The normalized spacial score (nSPS) is 9.92. The summed E-state index contributed by atoms with van der Waals surface area (Å²) in [4.78, 5) is 12.7. The quantitative estimate of drug-likeness (QED) is 0.390. The van der Waals surface area contributed by atoms with Crippen molar-refractivity contribution in [3.05, 3.63) is 101 Å². The van der Waals surface area contributed by atoms with Crippen LogP contribution >= 0.6 is 0 Å². The zero-order valence-electron chi connectivity index (χ0n) is 15.2. The summed E-state index contributed by atoms with van der Waals surface area (Å²) >= 11 is 0. The van der Waals surface area contributed by atoms with Gasteiger partial charge in [-0.25, -0.2) is 0 Å². The molecule has 3 rings (SSSR count). The minimum absolute atomic E-state index is 0.119. The fourth-order valence-corrected chi connectivity index (χ4v) is 2.79. The molecular weight excluding hydrogens is 315 g/mol. The van der Waals surface area contributed by atoms with Crippen molar-refractivity contribution in [1.29, 1.82) is 0 Å². The third-order valence-electron chi connectivity index (χ3n) is 4.41. The molecule has 0 aliphatic carbocycles. The monoisotopic (exact) mass is 336 g/mol. The van der Waals surface area contributed by atoms with Crippen LogP contribution in [0.4, 0.5) is 0 Å². The molecule has 0 saturated heterocycles. The number of carbonyl (C=O) groups is 1. The maximum atomic E-state index is 12.7. The first-order valence-corrected chi connectivity index (χ1v) is 8.85. The molecule has 3 aromatic carbocycles. The van der Waals surface area contributed by atoms with Crippen molar-refractivity contribution in [1.82, 2.24) is 0 Å². The van der Waals surface area contributed by atoms with Gasteiger partial charge in [0.25, 0.3) is 6.71 Å². The lowest BCUT2D eigenvalue weighted by Crippen LogP contribution is -2.31. The maximum absolute atomic E-state index is 12.7. The van der Waals surface area contributed by atoms with Gasteiger partial charge in [0.15, 0.2) is 5.78 Å². The van der Waals surface area contributed by atoms with E-state index in [1.54, 1.807) is 0 Å². The zero-order chi connectivity index (χ0) is 18.4. The molecule has 0 saturated carbocycles. The molecular formula is C24H21BO. The fourth-order valence-electron chi connectivity index (χ4n) is 2.79. The van der Waals surface area contributed by atoms with Crippen molar-refractivity contribution in [2.24, 2.45) is 0 Å². The first kappa shape index (κ1) is 17.8. The highest BCUT2D eigenvalue weighted by Crippen LogP contribution is 2.09. The smallest absolute Gasteiger partial charge is 0.271 e. The van der Waals surface area contributed by atoms with Crippen molar-refractivity contribution < 1.29 is 4.79 Å². The Labute approximate surface area is 156 Å². The molecule has 3 aromatic rings. The number of benzene rings is 3. The van der Waals surface area contributed by atoms with Crippen LogP contribution < -0.4 is 5.46 Å². The van der Waals surface area contributed by atoms with Gasteiger partial charge in [0.1, 0.15) is 0 Å². The van der Waals surface area contributed by atoms with Crippen LogP contribution in [0.1, 0.15) is 27.0 Å². The first-order chi connectivity index (χ1) is 12.6. The highest BCUT2D eigenvalue weighted by Gasteiger charge is 2.19. The molecule has 0 N–H and O–H groups in total. The second-order valence-corrected chi connectivity index (χ2v) is 6.59. The SMILES string of the molecule is Cc1ccc(C#CB(CC(=O)c2ccc(C)cc2)c2ccccc2)cc1. The van der Waals surface area contributed by atoms with Gasteiger partial charge in [0.2, 0.25) is 0 Å². The predicted molar refractivity (Wildman–Crippen MR) is 110 cm³/mol. The Hall–Kier alpha value is -3.05. The minimum atomic E-state index is -0.119. The summed E-state index contributed by atoms with van der Waals surface area (Å²) in [6.45, 7) is 3.96. The lowest BCUT2D eigenvalue weighted by molar-refractivity contribution is 0.101. The van der Waals surface area contributed by atoms with Crippen LogP contribution in [0.2, 0.25) is 6.32 Å². The fraction of sp³-hybridized carbons (Fsp3) is 0.125. The molecule has 2 heteroatoms.